The molecule has 0 atom stereocenters. The third kappa shape index (κ3) is 4.52. The first-order valence-corrected chi connectivity index (χ1v) is 10.6. The van der Waals surface area contributed by atoms with E-state index >= 15 is 0 Å². The Bertz CT molecular complexity index is 1290. The van der Waals surface area contributed by atoms with Gasteiger partial charge < -0.3 is 9.84 Å². The molecule has 0 aliphatic heterocycles. The van der Waals surface area contributed by atoms with Crippen molar-refractivity contribution in [3.05, 3.63) is 82.3 Å². The van der Waals surface area contributed by atoms with Crippen molar-refractivity contribution in [1.29, 1.82) is 0 Å². The molecule has 8 heteroatoms. The Labute approximate surface area is 187 Å². The Morgan fingerprint density at radius 2 is 1.84 bits per heavy atom. The van der Waals surface area contributed by atoms with Crippen LogP contribution in [0.5, 0.6) is 5.75 Å². The van der Waals surface area contributed by atoms with E-state index in [4.69, 9.17) is 16.3 Å². The minimum Gasteiger partial charge on any atom is -0.507 e. The molecular formula is C23H17ClN2O4S. The van der Waals surface area contributed by atoms with Gasteiger partial charge in [0.15, 0.2) is 5.13 Å². The highest BCUT2D eigenvalue weighted by molar-refractivity contribution is 7.14. The summed E-state index contributed by atoms with van der Waals surface area (Å²) < 4.78 is 5.34. The molecule has 0 spiro atoms. The molecule has 0 fully saturated rings. The van der Waals surface area contributed by atoms with Gasteiger partial charge in [-0.15, -0.1) is 11.3 Å². The number of hydrogen-bond acceptors (Lipinski definition) is 6. The van der Waals surface area contributed by atoms with E-state index in [1.807, 2.05) is 24.3 Å². The summed E-state index contributed by atoms with van der Waals surface area (Å²) in [5.41, 5.74) is 1.17. The number of rotatable bonds is 5. The number of nitrogens with zero attached hydrogens (tertiary/aromatic N) is 2. The van der Waals surface area contributed by atoms with Crippen molar-refractivity contribution in [2.45, 2.75) is 13.5 Å². The standard InChI is InChI=1S/C23H17ClN2O4S/c1-14(27)26(19-8-4-7-17(24)11-19)23-25-18(13-31-23)12-30-22(29)20-9-15-5-2-3-6-16(15)10-21(20)28/h2-11,13,28H,12H2,1H3. The highest BCUT2D eigenvalue weighted by Crippen LogP contribution is 2.31. The number of phenols is 1. The molecule has 4 aromatic rings. The van der Waals surface area contributed by atoms with Crippen LogP contribution in [0.25, 0.3) is 10.8 Å². The molecule has 31 heavy (non-hydrogen) atoms. The molecule has 156 valence electrons. The van der Waals surface area contributed by atoms with E-state index in [-0.39, 0.29) is 23.8 Å². The van der Waals surface area contributed by atoms with Crippen LogP contribution < -0.4 is 4.90 Å². The van der Waals surface area contributed by atoms with Crippen LogP contribution in [-0.2, 0) is 16.1 Å². The number of fused-ring (bicyclic) bond motifs is 1. The summed E-state index contributed by atoms with van der Waals surface area (Å²) in [7, 11) is 0. The summed E-state index contributed by atoms with van der Waals surface area (Å²) in [6.45, 7) is 1.34. The quantitative estimate of drug-likeness (QED) is 0.393. The number of hydrogen-bond donors (Lipinski definition) is 1. The fourth-order valence-electron chi connectivity index (χ4n) is 3.12. The van der Waals surface area contributed by atoms with Gasteiger partial charge in [0, 0.05) is 17.3 Å². The lowest BCUT2D eigenvalue weighted by atomic mass is 10.1. The maximum absolute atomic E-state index is 12.5. The van der Waals surface area contributed by atoms with Gasteiger partial charge >= 0.3 is 5.97 Å². The number of esters is 1. The average molecular weight is 453 g/mol. The van der Waals surface area contributed by atoms with Crippen LogP contribution in [0.3, 0.4) is 0 Å². The Balaban J connectivity index is 1.51. The maximum atomic E-state index is 12.5. The van der Waals surface area contributed by atoms with E-state index in [9.17, 15) is 14.7 Å². The van der Waals surface area contributed by atoms with Gasteiger partial charge in [-0.3, -0.25) is 9.69 Å². The molecule has 4 rings (SSSR count). The van der Waals surface area contributed by atoms with E-state index in [1.165, 1.54) is 29.2 Å². The smallest absolute Gasteiger partial charge is 0.342 e. The van der Waals surface area contributed by atoms with Gasteiger partial charge in [-0.1, -0.05) is 41.9 Å². The minimum absolute atomic E-state index is 0.0819. The lowest BCUT2D eigenvalue weighted by Crippen LogP contribution is -2.22. The number of amides is 1. The lowest BCUT2D eigenvalue weighted by molar-refractivity contribution is -0.115. The van der Waals surface area contributed by atoms with E-state index in [2.05, 4.69) is 4.98 Å². The van der Waals surface area contributed by atoms with Crippen LogP contribution in [-0.4, -0.2) is 22.0 Å². The zero-order valence-electron chi connectivity index (χ0n) is 16.4. The first-order valence-electron chi connectivity index (χ1n) is 9.32. The van der Waals surface area contributed by atoms with Crippen molar-refractivity contribution < 1.29 is 19.4 Å². The van der Waals surface area contributed by atoms with Gasteiger partial charge in [0.2, 0.25) is 5.91 Å². The van der Waals surface area contributed by atoms with Crippen LogP contribution in [0.2, 0.25) is 5.02 Å². The summed E-state index contributed by atoms with van der Waals surface area (Å²) in [5, 5.41) is 14.5. The Hall–Kier alpha value is -3.42. The summed E-state index contributed by atoms with van der Waals surface area (Å²) in [5.74, 6) is -1.02. The number of anilines is 2. The van der Waals surface area contributed by atoms with Crippen molar-refractivity contribution >= 4 is 56.4 Å². The zero-order valence-corrected chi connectivity index (χ0v) is 18.0. The van der Waals surface area contributed by atoms with Crippen LogP contribution in [0, 0.1) is 0 Å². The van der Waals surface area contributed by atoms with Crippen molar-refractivity contribution in [3.8, 4) is 5.75 Å². The largest absolute Gasteiger partial charge is 0.507 e. The number of carbonyl (C=O) groups is 2. The van der Waals surface area contributed by atoms with E-state index in [0.717, 1.165) is 10.8 Å². The molecule has 1 aromatic heterocycles. The van der Waals surface area contributed by atoms with Crippen molar-refractivity contribution in [2.75, 3.05) is 4.90 Å². The first kappa shape index (κ1) is 20.8. The predicted molar refractivity (Wildman–Crippen MR) is 121 cm³/mol. The first-order chi connectivity index (χ1) is 14.9. The molecule has 0 bridgehead atoms. The third-order valence-corrected chi connectivity index (χ3v) is 5.66. The molecule has 0 aliphatic carbocycles. The number of phenolic OH excluding ortho intramolecular Hbond substituents is 1. The summed E-state index contributed by atoms with van der Waals surface area (Å²) in [6, 6.07) is 17.4. The van der Waals surface area contributed by atoms with E-state index in [1.54, 1.807) is 35.7 Å². The van der Waals surface area contributed by atoms with Crippen molar-refractivity contribution in [2.24, 2.45) is 0 Å². The van der Waals surface area contributed by atoms with Gasteiger partial charge in [-0.2, -0.15) is 0 Å². The molecule has 0 saturated heterocycles. The number of benzene rings is 3. The minimum atomic E-state index is -0.656. The van der Waals surface area contributed by atoms with Crippen molar-refractivity contribution in [1.82, 2.24) is 4.98 Å². The molecule has 0 radical (unpaired) electrons. The number of aromatic nitrogens is 1. The molecule has 6 nitrogen and oxygen atoms in total. The Morgan fingerprint density at radius 3 is 2.55 bits per heavy atom. The molecule has 1 amide bonds. The highest BCUT2D eigenvalue weighted by atomic mass is 35.5. The Morgan fingerprint density at radius 1 is 1.10 bits per heavy atom. The van der Waals surface area contributed by atoms with Crippen LogP contribution in [0.1, 0.15) is 23.0 Å². The molecule has 1 N–H and O–H groups in total. The second-order valence-electron chi connectivity index (χ2n) is 6.75. The van der Waals surface area contributed by atoms with Crippen LogP contribution in [0.15, 0.2) is 66.0 Å². The van der Waals surface area contributed by atoms with E-state index < -0.39 is 5.97 Å². The number of carbonyl (C=O) groups excluding carboxylic acids is 2. The molecule has 0 unspecified atom stereocenters. The molecular weight excluding hydrogens is 436 g/mol. The molecule has 0 saturated carbocycles. The van der Waals surface area contributed by atoms with Gasteiger partial charge in [-0.05, 0) is 41.1 Å². The second kappa shape index (κ2) is 8.75. The van der Waals surface area contributed by atoms with Gasteiger partial charge in [0.05, 0.1) is 11.4 Å². The van der Waals surface area contributed by atoms with E-state index in [0.29, 0.717) is 21.5 Å². The predicted octanol–water partition coefficient (Wildman–Crippen LogP) is 5.70. The van der Waals surface area contributed by atoms with Crippen LogP contribution >= 0.6 is 22.9 Å². The Kier molecular flexibility index (Phi) is 5.88. The second-order valence-corrected chi connectivity index (χ2v) is 8.02. The molecule has 1 heterocycles. The fraction of sp³-hybridized carbons (Fsp3) is 0.0870. The highest BCUT2D eigenvalue weighted by Gasteiger charge is 2.19. The number of ether oxygens (including phenoxy) is 1. The monoisotopic (exact) mass is 452 g/mol. The zero-order chi connectivity index (χ0) is 22.0. The average Bonchev–Trinajstić information content (AvgIpc) is 3.19. The van der Waals surface area contributed by atoms with Gasteiger partial charge in [0.1, 0.15) is 17.9 Å². The topological polar surface area (TPSA) is 79.7 Å². The molecule has 3 aromatic carbocycles. The number of thiazole rings is 1. The van der Waals surface area contributed by atoms with Gasteiger partial charge in [0.25, 0.3) is 0 Å². The van der Waals surface area contributed by atoms with Crippen molar-refractivity contribution in [3.63, 3.8) is 0 Å². The maximum Gasteiger partial charge on any atom is 0.342 e. The lowest BCUT2D eigenvalue weighted by Gasteiger charge is -2.18. The summed E-state index contributed by atoms with van der Waals surface area (Å²) >= 11 is 7.29. The summed E-state index contributed by atoms with van der Waals surface area (Å²) in [6.07, 6.45) is 0. The number of halogens is 1. The summed E-state index contributed by atoms with van der Waals surface area (Å²) in [4.78, 5) is 30.6. The number of aromatic hydroxyl groups is 1. The molecule has 0 aliphatic rings. The normalized spacial score (nSPS) is 10.8. The van der Waals surface area contributed by atoms with Crippen LogP contribution in [0.4, 0.5) is 10.8 Å². The third-order valence-electron chi connectivity index (χ3n) is 4.55. The van der Waals surface area contributed by atoms with Gasteiger partial charge in [-0.25, -0.2) is 9.78 Å². The fourth-order valence-corrected chi connectivity index (χ4v) is 4.17. The SMILES string of the molecule is CC(=O)N(c1cccc(Cl)c1)c1nc(COC(=O)c2cc3ccccc3cc2O)cs1.